The number of hydrogen-bond acceptors (Lipinski definition) is 2. The van der Waals surface area contributed by atoms with Gasteiger partial charge in [-0.25, -0.2) is 4.39 Å². The number of anilines is 1. The van der Waals surface area contributed by atoms with Crippen molar-refractivity contribution in [2.24, 2.45) is 0 Å². The van der Waals surface area contributed by atoms with Gasteiger partial charge in [0, 0.05) is 11.3 Å². The zero-order valence-electron chi connectivity index (χ0n) is 12.9. The second-order valence-electron chi connectivity index (χ2n) is 6.04. The van der Waals surface area contributed by atoms with E-state index in [0.29, 0.717) is 29.7 Å². The predicted molar refractivity (Wildman–Crippen MR) is 87.0 cm³/mol. The lowest BCUT2D eigenvalue weighted by atomic mass is 9.63. The number of hydrogen-bond donors (Lipinski definition) is 1. The second kappa shape index (κ2) is 5.95. The lowest BCUT2D eigenvalue weighted by Gasteiger charge is -2.40. The van der Waals surface area contributed by atoms with E-state index in [-0.39, 0.29) is 17.5 Å². The average molecular weight is 311 g/mol. The number of Topliss-reactive ketones (excluding diaryl/α,β-unsaturated/α-hetero) is 1. The van der Waals surface area contributed by atoms with Crippen molar-refractivity contribution < 1.29 is 14.0 Å². The maximum atomic E-state index is 13.5. The lowest BCUT2D eigenvalue weighted by Crippen LogP contribution is -2.46. The molecule has 1 aliphatic rings. The van der Waals surface area contributed by atoms with Crippen molar-refractivity contribution in [2.45, 2.75) is 31.6 Å². The molecule has 0 heterocycles. The molecule has 0 saturated heterocycles. The number of rotatable bonds is 4. The van der Waals surface area contributed by atoms with Crippen LogP contribution < -0.4 is 5.32 Å². The molecule has 0 spiro atoms. The third-order valence-corrected chi connectivity index (χ3v) is 4.55. The van der Waals surface area contributed by atoms with Gasteiger partial charge in [0.1, 0.15) is 5.82 Å². The first-order valence-electron chi connectivity index (χ1n) is 7.70. The Labute approximate surface area is 134 Å². The highest BCUT2D eigenvalue weighted by Gasteiger charge is 2.45. The maximum absolute atomic E-state index is 13.5. The van der Waals surface area contributed by atoms with Gasteiger partial charge in [-0.3, -0.25) is 9.59 Å². The summed E-state index contributed by atoms with van der Waals surface area (Å²) in [5.74, 6) is -0.528. The normalized spacial score (nSPS) is 15.6. The summed E-state index contributed by atoms with van der Waals surface area (Å²) < 4.78 is 13.5. The van der Waals surface area contributed by atoms with Crippen molar-refractivity contribution in [1.29, 1.82) is 0 Å². The Kier molecular flexibility index (Phi) is 3.99. The molecule has 2 aromatic rings. The molecule has 1 aliphatic carbocycles. The molecular formula is C19H18FNO2. The minimum Gasteiger partial charge on any atom is -0.325 e. The molecule has 2 aromatic carbocycles. The van der Waals surface area contributed by atoms with Gasteiger partial charge in [-0.2, -0.15) is 0 Å². The van der Waals surface area contributed by atoms with Gasteiger partial charge in [0.15, 0.2) is 5.78 Å². The van der Waals surface area contributed by atoms with Crippen molar-refractivity contribution in [3.8, 4) is 0 Å². The number of ketones is 1. The van der Waals surface area contributed by atoms with Gasteiger partial charge in [0.05, 0.1) is 5.41 Å². The highest BCUT2D eigenvalue weighted by molar-refractivity contribution is 6.01. The number of carbonyl (C=O) groups excluding carboxylic acids is 2. The fourth-order valence-corrected chi connectivity index (χ4v) is 3.03. The third-order valence-electron chi connectivity index (χ3n) is 4.55. The highest BCUT2D eigenvalue weighted by Crippen LogP contribution is 2.44. The van der Waals surface area contributed by atoms with E-state index >= 15 is 0 Å². The zero-order chi connectivity index (χ0) is 16.4. The van der Waals surface area contributed by atoms with Crippen LogP contribution in [0.4, 0.5) is 10.1 Å². The molecule has 0 aliphatic heterocycles. The quantitative estimate of drug-likeness (QED) is 0.865. The average Bonchev–Trinajstić information content (AvgIpc) is 2.46. The molecule has 1 saturated carbocycles. The predicted octanol–water partition coefficient (Wildman–Crippen LogP) is 4.09. The van der Waals surface area contributed by atoms with Gasteiger partial charge in [-0.15, -0.1) is 0 Å². The molecule has 4 heteroatoms. The molecule has 0 aromatic heterocycles. The number of nitrogens with one attached hydrogen (secondary N) is 1. The van der Waals surface area contributed by atoms with Crippen molar-refractivity contribution in [3.63, 3.8) is 0 Å². The number of halogens is 1. The smallest absolute Gasteiger partial charge is 0.235 e. The number of carbonyl (C=O) groups is 2. The van der Waals surface area contributed by atoms with Crippen molar-refractivity contribution in [2.75, 3.05) is 5.32 Å². The lowest BCUT2D eigenvalue weighted by molar-refractivity contribution is -0.124. The van der Waals surface area contributed by atoms with E-state index in [1.165, 1.54) is 19.1 Å². The Bertz CT molecular complexity index is 765. The summed E-state index contributed by atoms with van der Waals surface area (Å²) in [6.45, 7) is 1.49. The molecule has 23 heavy (non-hydrogen) atoms. The van der Waals surface area contributed by atoms with E-state index in [2.05, 4.69) is 5.32 Å². The summed E-state index contributed by atoms with van der Waals surface area (Å²) in [4.78, 5) is 24.2. The van der Waals surface area contributed by atoms with Gasteiger partial charge < -0.3 is 5.32 Å². The van der Waals surface area contributed by atoms with Gasteiger partial charge in [-0.05, 0) is 49.6 Å². The summed E-state index contributed by atoms with van der Waals surface area (Å²) in [5, 5.41) is 2.88. The molecular weight excluding hydrogens is 293 g/mol. The SMILES string of the molecule is CC(=O)c1cccc(NC(=O)C2(c3cccc(F)c3)CCC2)c1. The Hall–Kier alpha value is -2.49. The van der Waals surface area contributed by atoms with Crippen LogP contribution in [0.1, 0.15) is 42.1 Å². The first-order chi connectivity index (χ1) is 11.0. The standard InChI is InChI=1S/C19H18FNO2/c1-13(22)14-5-2-8-17(11-14)21-18(23)19(9-4-10-19)15-6-3-7-16(20)12-15/h2-3,5-8,11-12H,4,9-10H2,1H3,(H,21,23). The summed E-state index contributed by atoms with van der Waals surface area (Å²) in [6.07, 6.45) is 2.35. The largest absolute Gasteiger partial charge is 0.325 e. The van der Waals surface area contributed by atoms with Crippen molar-refractivity contribution in [3.05, 3.63) is 65.5 Å². The Morgan fingerprint density at radius 2 is 1.83 bits per heavy atom. The van der Waals surface area contributed by atoms with Gasteiger partial charge in [0.25, 0.3) is 0 Å². The van der Waals surface area contributed by atoms with Crippen LogP contribution in [0.25, 0.3) is 0 Å². The Balaban J connectivity index is 1.86. The van der Waals surface area contributed by atoms with Gasteiger partial charge in [-0.1, -0.05) is 30.7 Å². The molecule has 1 fully saturated rings. The van der Waals surface area contributed by atoms with Gasteiger partial charge >= 0.3 is 0 Å². The molecule has 0 bridgehead atoms. The van der Waals surface area contributed by atoms with E-state index in [1.54, 1.807) is 36.4 Å². The van der Waals surface area contributed by atoms with E-state index in [9.17, 15) is 14.0 Å². The van der Waals surface area contributed by atoms with E-state index < -0.39 is 5.41 Å². The molecule has 118 valence electrons. The summed E-state index contributed by atoms with van der Waals surface area (Å²) in [7, 11) is 0. The molecule has 3 nitrogen and oxygen atoms in total. The van der Waals surface area contributed by atoms with Crippen LogP contribution in [0.2, 0.25) is 0 Å². The van der Waals surface area contributed by atoms with Crippen LogP contribution in [0.3, 0.4) is 0 Å². The minimum absolute atomic E-state index is 0.0513. The molecule has 0 radical (unpaired) electrons. The molecule has 0 unspecified atom stereocenters. The first-order valence-corrected chi connectivity index (χ1v) is 7.70. The number of amides is 1. The first kappa shape index (κ1) is 15.4. The monoisotopic (exact) mass is 311 g/mol. The topological polar surface area (TPSA) is 46.2 Å². The van der Waals surface area contributed by atoms with Crippen molar-refractivity contribution in [1.82, 2.24) is 0 Å². The van der Waals surface area contributed by atoms with Crippen LogP contribution in [0.15, 0.2) is 48.5 Å². The second-order valence-corrected chi connectivity index (χ2v) is 6.04. The van der Waals surface area contributed by atoms with E-state index in [4.69, 9.17) is 0 Å². The van der Waals surface area contributed by atoms with Crippen LogP contribution in [0, 0.1) is 5.82 Å². The summed E-state index contributed by atoms with van der Waals surface area (Å²) in [5.41, 5.74) is 1.18. The zero-order valence-corrected chi connectivity index (χ0v) is 12.9. The Morgan fingerprint density at radius 1 is 1.09 bits per heavy atom. The molecule has 1 amide bonds. The minimum atomic E-state index is -0.672. The molecule has 3 rings (SSSR count). The van der Waals surface area contributed by atoms with Gasteiger partial charge in [0.2, 0.25) is 5.91 Å². The van der Waals surface area contributed by atoms with Crippen LogP contribution in [0.5, 0.6) is 0 Å². The third kappa shape index (κ3) is 2.89. The highest BCUT2D eigenvalue weighted by atomic mass is 19.1. The fraction of sp³-hybridized carbons (Fsp3) is 0.263. The van der Waals surface area contributed by atoms with Crippen molar-refractivity contribution >= 4 is 17.4 Å². The van der Waals surface area contributed by atoms with E-state index in [0.717, 1.165) is 6.42 Å². The van der Waals surface area contributed by atoms with E-state index in [1.807, 2.05) is 0 Å². The summed E-state index contributed by atoms with van der Waals surface area (Å²) in [6, 6.07) is 13.1. The molecule has 0 atom stereocenters. The maximum Gasteiger partial charge on any atom is 0.235 e. The van der Waals surface area contributed by atoms with Crippen LogP contribution >= 0.6 is 0 Å². The Morgan fingerprint density at radius 3 is 2.43 bits per heavy atom. The van der Waals surface area contributed by atoms with Crippen LogP contribution in [-0.4, -0.2) is 11.7 Å². The number of benzene rings is 2. The summed E-state index contributed by atoms with van der Waals surface area (Å²) >= 11 is 0. The van der Waals surface area contributed by atoms with Crippen LogP contribution in [-0.2, 0) is 10.2 Å². The fourth-order valence-electron chi connectivity index (χ4n) is 3.03. The molecule has 1 N–H and O–H groups in total.